The van der Waals surface area contributed by atoms with E-state index in [0.29, 0.717) is 11.4 Å². The predicted molar refractivity (Wildman–Crippen MR) is 131 cm³/mol. The van der Waals surface area contributed by atoms with Gasteiger partial charge in [0, 0.05) is 22.7 Å². The Bertz CT molecular complexity index is 981. The fourth-order valence-corrected chi connectivity index (χ4v) is 2.56. The summed E-state index contributed by atoms with van der Waals surface area (Å²) in [4.78, 5) is 10.2. The quantitative estimate of drug-likeness (QED) is 0.306. The molecule has 3 aromatic carbocycles. The summed E-state index contributed by atoms with van der Waals surface area (Å²) >= 11 is 0. The zero-order valence-corrected chi connectivity index (χ0v) is 18.7. The lowest BCUT2D eigenvalue weighted by Gasteiger charge is -2.05. The highest BCUT2D eigenvalue weighted by atomic mass is 16.3. The summed E-state index contributed by atoms with van der Waals surface area (Å²) in [7, 11) is 0. The van der Waals surface area contributed by atoms with Crippen LogP contribution >= 0.6 is 0 Å². The maximum Gasteiger partial charge on any atom is 0.111 e. The number of rotatable bonds is 1. The second-order valence-electron chi connectivity index (χ2n) is 7.30. The molecular weight excluding hydrogens is 374 g/mol. The molecule has 0 unspecified atom stereocenters. The summed E-state index contributed by atoms with van der Waals surface area (Å²) in [6.45, 7) is 11.8. The first-order valence-corrected chi connectivity index (χ1v) is 9.63. The number of hydrogen-bond donors (Lipinski definition) is 4. The van der Waals surface area contributed by atoms with Crippen molar-refractivity contribution < 1.29 is 0 Å². The second-order valence-corrected chi connectivity index (χ2v) is 7.30. The molecule has 0 spiro atoms. The van der Waals surface area contributed by atoms with E-state index in [-0.39, 0.29) is 0 Å². The summed E-state index contributed by atoms with van der Waals surface area (Å²) in [6.07, 6.45) is 0. The molecule has 0 aliphatic heterocycles. The Kier molecular flexibility index (Phi) is 8.86. The minimum Gasteiger partial charge on any atom is -0.399 e. The topological polar surface area (TPSA) is 134 Å². The Labute approximate surface area is 179 Å². The Morgan fingerprint density at radius 3 is 1.33 bits per heavy atom. The van der Waals surface area contributed by atoms with Crippen molar-refractivity contribution in [1.29, 1.82) is 0 Å². The third-order valence-electron chi connectivity index (χ3n) is 5.42. The smallest absolute Gasteiger partial charge is 0.111 e. The second kappa shape index (κ2) is 10.9. The van der Waals surface area contributed by atoms with E-state index in [4.69, 9.17) is 22.9 Å². The molecule has 0 heterocycles. The van der Waals surface area contributed by atoms with Crippen molar-refractivity contribution in [2.24, 2.45) is 5.18 Å². The number of anilines is 4. The zero-order chi connectivity index (χ0) is 23.0. The number of nitrogen functional groups attached to an aromatic ring is 4. The van der Waals surface area contributed by atoms with Gasteiger partial charge >= 0.3 is 0 Å². The number of hydrogen-bond acceptors (Lipinski definition) is 6. The lowest BCUT2D eigenvalue weighted by molar-refractivity contribution is 1.31. The summed E-state index contributed by atoms with van der Waals surface area (Å²) < 4.78 is 0. The Morgan fingerprint density at radius 1 is 0.533 bits per heavy atom. The molecule has 8 N–H and O–H groups in total. The van der Waals surface area contributed by atoms with Gasteiger partial charge in [-0.15, -0.1) is 4.91 Å². The summed E-state index contributed by atoms with van der Waals surface area (Å²) in [5.74, 6) is 0. The number of benzene rings is 3. The molecule has 6 heteroatoms. The molecule has 0 saturated heterocycles. The number of nitroso groups, excluding NO2 is 1. The van der Waals surface area contributed by atoms with Crippen LogP contribution in [0.2, 0.25) is 0 Å². The van der Waals surface area contributed by atoms with Crippen LogP contribution in [0.5, 0.6) is 0 Å². The molecule has 0 atom stereocenters. The normalized spacial score (nSPS) is 9.67. The largest absolute Gasteiger partial charge is 0.399 e. The zero-order valence-electron chi connectivity index (χ0n) is 18.7. The molecule has 0 saturated carbocycles. The molecule has 6 nitrogen and oxygen atoms in total. The fraction of sp³-hybridized carbons (Fsp3) is 0.250. The van der Waals surface area contributed by atoms with Crippen molar-refractivity contribution in [3.63, 3.8) is 0 Å². The Hall–Kier alpha value is -3.54. The van der Waals surface area contributed by atoms with E-state index in [0.717, 1.165) is 39.3 Å². The molecule has 30 heavy (non-hydrogen) atoms. The van der Waals surface area contributed by atoms with Crippen LogP contribution < -0.4 is 22.9 Å². The van der Waals surface area contributed by atoms with Crippen LogP contribution in [0, 0.1) is 46.4 Å². The van der Waals surface area contributed by atoms with Crippen LogP contribution in [0.4, 0.5) is 28.4 Å². The van der Waals surface area contributed by atoms with Gasteiger partial charge in [-0.2, -0.15) is 0 Å². The van der Waals surface area contributed by atoms with Gasteiger partial charge in [0.15, 0.2) is 0 Å². The minimum atomic E-state index is 0.469. The van der Waals surface area contributed by atoms with Crippen LogP contribution in [-0.2, 0) is 0 Å². The first-order chi connectivity index (χ1) is 14.0. The molecule has 3 rings (SSSR count). The SMILES string of the molecule is Cc1c(N)ccc(N)c1C.Cc1c(N)ccc(N=O)c1C.Cc1cccc(N)c1C. The minimum absolute atomic E-state index is 0.469. The molecule has 3 aromatic rings. The highest BCUT2D eigenvalue weighted by molar-refractivity contribution is 5.61. The monoisotopic (exact) mass is 407 g/mol. The number of nitrogens with two attached hydrogens (primary N) is 4. The number of aryl methyl sites for hydroxylation is 1. The molecular formula is C24H33N5O. The van der Waals surface area contributed by atoms with Gasteiger partial charge in [0.05, 0.1) is 0 Å². The van der Waals surface area contributed by atoms with Crippen molar-refractivity contribution >= 4 is 28.4 Å². The van der Waals surface area contributed by atoms with Crippen LogP contribution in [0.3, 0.4) is 0 Å². The van der Waals surface area contributed by atoms with Gasteiger partial charge in [0.25, 0.3) is 0 Å². The molecule has 0 amide bonds. The van der Waals surface area contributed by atoms with E-state index in [1.54, 1.807) is 12.1 Å². The van der Waals surface area contributed by atoms with Gasteiger partial charge in [-0.05, 0) is 110 Å². The van der Waals surface area contributed by atoms with Crippen molar-refractivity contribution in [1.82, 2.24) is 0 Å². The number of nitrogens with zero attached hydrogens (tertiary/aromatic N) is 1. The fourth-order valence-electron chi connectivity index (χ4n) is 2.56. The van der Waals surface area contributed by atoms with Crippen molar-refractivity contribution in [3.05, 3.63) is 80.8 Å². The van der Waals surface area contributed by atoms with E-state index in [1.165, 1.54) is 11.1 Å². The van der Waals surface area contributed by atoms with Gasteiger partial charge in [-0.25, -0.2) is 0 Å². The van der Waals surface area contributed by atoms with Crippen LogP contribution in [0.1, 0.15) is 33.4 Å². The van der Waals surface area contributed by atoms with E-state index in [9.17, 15) is 4.91 Å². The van der Waals surface area contributed by atoms with Crippen LogP contribution in [-0.4, -0.2) is 0 Å². The average Bonchev–Trinajstić information content (AvgIpc) is 2.73. The molecule has 0 bridgehead atoms. The standard InChI is InChI=1S/C8H10N2O.C8H12N2.C8H11N/c1-5-6(2)8(10-11)4-3-7(5)9;1-5-6(2)8(10)4-3-7(5)9;1-6-4-3-5-8(9)7(6)2/h3-4H,9H2,1-2H3;3-4H,9-10H2,1-2H3;3-5H,9H2,1-2H3. The maximum absolute atomic E-state index is 10.2. The van der Waals surface area contributed by atoms with Gasteiger partial charge < -0.3 is 22.9 Å². The summed E-state index contributed by atoms with van der Waals surface area (Å²) in [5.41, 5.74) is 32.6. The van der Waals surface area contributed by atoms with Crippen molar-refractivity contribution in [3.8, 4) is 0 Å². The summed E-state index contributed by atoms with van der Waals surface area (Å²) in [6, 6.07) is 12.9. The maximum atomic E-state index is 10.2. The van der Waals surface area contributed by atoms with Gasteiger partial charge in [0.2, 0.25) is 0 Å². The highest BCUT2D eigenvalue weighted by Crippen LogP contribution is 2.25. The van der Waals surface area contributed by atoms with Crippen molar-refractivity contribution in [2.45, 2.75) is 41.5 Å². The summed E-state index contributed by atoms with van der Waals surface area (Å²) in [5, 5.41) is 2.87. The Balaban J connectivity index is 0.000000226. The molecule has 160 valence electrons. The van der Waals surface area contributed by atoms with E-state index >= 15 is 0 Å². The third-order valence-corrected chi connectivity index (χ3v) is 5.42. The van der Waals surface area contributed by atoms with Gasteiger partial charge in [-0.3, -0.25) is 0 Å². The van der Waals surface area contributed by atoms with Gasteiger partial charge in [0.1, 0.15) is 5.69 Å². The first-order valence-electron chi connectivity index (χ1n) is 9.63. The molecule has 0 radical (unpaired) electrons. The molecule has 0 fully saturated rings. The lowest BCUT2D eigenvalue weighted by Crippen LogP contribution is -1.96. The third kappa shape index (κ3) is 6.24. The lowest BCUT2D eigenvalue weighted by atomic mass is 10.1. The predicted octanol–water partition coefficient (Wildman–Crippen LogP) is 5.64. The van der Waals surface area contributed by atoms with E-state index in [1.807, 2.05) is 58.9 Å². The average molecular weight is 408 g/mol. The van der Waals surface area contributed by atoms with E-state index < -0.39 is 0 Å². The van der Waals surface area contributed by atoms with Crippen LogP contribution in [0.15, 0.2) is 47.6 Å². The first kappa shape index (κ1) is 24.5. The van der Waals surface area contributed by atoms with Gasteiger partial charge in [-0.1, -0.05) is 12.1 Å². The molecule has 0 aromatic heterocycles. The molecule has 0 aliphatic carbocycles. The van der Waals surface area contributed by atoms with Crippen LogP contribution in [0.25, 0.3) is 0 Å². The Morgan fingerprint density at radius 2 is 0.933 bits per heavy atom. The van der Waals surface area contributed by atoms with Crippen molar-refractivity contribution in [2.75, 3.05) is 22.9 Å². The molecule has 0 aliphatic rings. The van der Waals surface area contributed by atoms with E-state index in [2.05, 4.69) is 18.2 Å². The highest BCUT2D eigenvalue weighted by Gasteiger charge is 2.03.